The fourth-order valence-corrected chi connectivity index (χ4v) is 4.49. The molecule has 6 nitrogen and oxygen atoms in total. The first-order valence-electron chi connectivity index (χ1n) is 10.3. The summed E-state index contributed by atoms with van der Waals surface area (Å²) in [5.74, 6) is 0.0738. The number of amides is 2. The second kappa shape index (κ2) is 8.33. The summed E-state index contributed by atoms with van der Waals surface area (Å²) in [7, 11) is 0. The third-order valence-electron chi connectivity index (χ3n) is 6.29. The van der Waals surface area contributed by atoms with E-state index in [1.165, 1.54) is 6.92 Å². The molecule has 2 heterocycles. The van der Waals surface area contributed by atoms with Gasteiger partial charge in [-0.25, -0.2) is 0 Å². The minimum absolute atomic E-state index is 0.00109. The number of carbonyl (C=O) groups is 2. The predicted molar refractivity (Wildman–Crippen MR) is 110 cm³/mol. The Bertz CT molecular complexity index is 865. The lowest BCUT2D eigenvalue weighted by Crippen LogP contribution is -2.69. The number of nitrogens with one attached hydrogen (secondary N) is 1. The van der Waals surface area contributed by atoms with E-state index >= 15 is 0 Å². The zero-order valence-electron chi connectivity index (χ0n) is 16.6. The summed E-state index contributed by atoms with van der Waals surface area (Å²) in [5, 5.41) is 12.9. The van der Waals surface area contributed by atoms with E-state index in [-0.39, 0.29) is 42.3 Å². The van der Waals surface area contributed by atoms with Crippen molar-refractivity contribution in [3.05, 3.63) is 54.4 Å². The van der Waals surface area contributed by atoms with Gasteiger partial charge in [0.15, 0.2) is 0 Å². The van der Waals surface area contributed by atoms with Gasteiger partial charge in [0.1, 0.15) is 0 Å². The van der Waals surface area contributed by atoms with Gasteiger partial charge >= 0.3 is 0 Å². The zero-order valence-corrected chi connectivity index (χ0v) is 16.6. The van der Waals surface area contributed by atoms with E-state index in [0.29, 0.717) is 6.54 Å². The molecule has 1 aromatic carbocycles. The molecule has 1 aliphatic heterocycles. The number of likely N-dealkylation sites (tertiary alicyclic amines) is 1. The Morgan fingerprint density at radius 2 is 1.90 bits per heavy atom. The summed E-state index contributed by atoms with van der Waals surface area (Å²) >= 11 is 0. The van der Waals surface area contributed by atoms with Crippen molar-refractivity contribution < 1.29 is 14.7 Å². The van der Waals surface area contributed by atoms with Gasteiger partial charge in [-0.2, -0.15) is 0 Å². The average Bonchev–Trinajstić information content (AvgIpc) is 2.67. The van der Waals surface area contributed by atoms with Gasteiger partial charge in [0.25, 0.3) is 0 Å². The molecule has 0 bridgehead atoms. The largest absolute Gasteiger partial charge is 0.394 e. The number of nitrogens with zero attached hydrogens (tertiary/aromatic N) is 2. The minimum Gasteiger partial charge on any atom is -0.394 e. The number of carbonyl (C=O) groups excluding carboxylic acids is 2. The van der Waals surface area contributed by atoms with E-state index in [1.54, 1.807) is 6.20 Å². The molecule has 6 heteroatoms. The van der Waals surface area contributed by atoms with E-state index in [9.17, 15) is 14.7 Å². The van der Waals surface area contributed by atoms with Crippen LogP contribution >= 0.6 is 0 Å². The standard InChI is InChI=1S/C23H27N3O3/c1-15(28)25-13-20-22(21(14-27)26(20)23(29)18-4-2-5-18)17-9-7-16(8-10-17)19-6-3-11-24-12-19/h3,6-12,18,20-22,27H,2,4-5,13-14H2,1H3,(H,25,28)/t20-,21+,22-/m1/s1. The predicted octanol–water partition coefficient (Wildman–Crippen LogP) is 2.34. The number of rotatable bonds is 6. The Kier molecular flexibility index (Phi) is 5.62. The number of aliphatic hydroxyl groups excluding tert-OH is 1. The molecule has 2 aliphatic rings. The molecule has 1 aromatic heterocycles. The topological polar surface area (TPSA) is 82.5 Å². The van der Waals surface area contributed by atoms with Gasteiger partial charge < -0.3 is 15.3 Å². The number of aliphatic hydroxyl groups is 1. The maximum Gasteiger partial charge on any atom is 0.226 e. The third kappa shape index (κ3) is 3.77. The molecule has 1 aliphatic carbocycles. The van der Waals surface area contributed by atoms with Crippen LogP contribution in [0.3, 0.4) is 0 Å². The Labute approximate surface area is 171 Å². The maximum absolute atomic E-state index is 12.9. The van der Waals surface area contributed by atoms with Gasteiger partial charge in [-0.05, 0) is 35.6 Å². The molecule has 0 spiro atoms. The van der Waals surface area contributed by atoms with Crippen LogP contribution in [0.5, 0.6) is 0 Å². The number of hydrogen-bond acceptors (Lipinski definition) is 4. The molecule has 3 atom stereocenters. The van der Waals surface area contributed by atoms with E-state index in [4.69, 9.17) is 0 Å². The minimum atomic E-state index is -0.244. The van der Waals surface area contributed by atoms with E-state index in [2.05, 4.69) is 22.4 Å². The molecule has 2 N–H and O–H groups in total. The molecule has 2 fully saturated rings. The van der Waals surface area contributed by atoms with Gasteiger partial charge in [-0.1, -0.05) is 36.8 Å². The lowest BCUT2D eigenvalue weighted by Gasteiger charge is -2.56. The van der Waals surface area contributed by atoms with Crippen LogP contribution in [0.25, 0.3) is 11.1 Å². The van der Waals surface area contributed by atoms with Crippen molar-refractivity contribution in [3.8, 4) is 11.1 Å². The second-order valence-electron chi connectivity index (χ2n) is 8.02. The van der Waals surface area contributed by atoms with E-state index in [1.807, 2.05) is 35.4 Å². The molecule has 2 amide bonds. The summed E-state index contributed by atoms with van der Waals surface area (Å²) < 4.78 is 0. The molecule has 152 valence electrons. The van der Waals surface area contributed by atoms with Crippen LogP contribution in [0.4, 0.5) is 0 Å². The van der Waals surface area contributed by atoms with Crippen molar-refractivity contribution in [2.75, 3.05) is 13.2 Å². The fraction of sp³-hybridized carbons (Fsp3) is 0.435. The van der Waals surface area contributed by atoms with Crippen LogP contribution < -0.4 is 5.32 Å². The first kappa shape index (κ1) is 19.6. The number of pyridine rings is 1. The van der Waals surface area contributed by atoms with Crippen molar-refractivity contribution in [2.24, 2.45) is 5.92 Å². The first-order valence-corrected chi connectivity index (χ1v) is 10.3. The van der Waals surface area contributed by atoms with Gasteiger partial charge in [0.05, 0.1) is 18.7 Å². The highest BCUT2D eigenvalue weighted by Gasteiger charge is 2.52. The van der Waals surface area contributed by atoms with Crippen LogP contribution in [-0.4, -0.2) is 52.0 Å². The Balaban J connectivity index is 1.57. The lowest BCUT2D eigenvalue weighted by atomic mass is 9.72. The lowest BCUT2D eigenvalue weighted by molar-refractivity contribution is -0.158. The molecule has 2 aromatic rings. The highest BCUT2D eigenvalue weighted by molar-refractivity contribution is 5.82. The van der Waals surface area contributed by atoms with Crippen molar-refractivity contribution >= 4 is 11.8 Å². The van der Waals surface area contributed by atoms with E-state index in [0.717, 1.165) is 36.0 Å². The summed E-state index contributed by atoms with van der Waals surface area (Å²) in [6, 6.07) is 11.8. The van der Waals surface area contributed by atoms with Crippen molar-refractivity contribution in [2.45, 2.75) is 44.2 Å². The van der Waals surface area contributed by atoms with Crippen LogP contribution in [0.1, 0.15) is 37.7 Å². The van der Waals surface area contributed by atoms with Gasteiger partial charge in [-0.15, -0.1) is 0 Å². The number of hydrogen-bond donors (Lipinski definition) is 2. The molecule has 29 heavy (non-hydrogen) atoms. The molecule has 4 rings (SSSR count). The Morgan fingerprint density at radius 3 is 2.45 bits per heavy atom. The highest BCUT2D eigenvalue weighted by atomic mass is 16.3. The smallest absolute Gasteiger partial charge is 0.226 e. The van der Waals surface area contributed by atoms with Crippen molar-refractivity contribution in [3.63, 3.8) is 0 Å². The summed E-state index contributed by atoms with van der Waals surface area (Å²) in [6.45, 7) is 1.81. The van der Waals surface area contributed by atoms with Crippen molar-refractivity contribution in [1.82, 2.24) is 15.2 Å². The van der Waals surface area contributed by atoms with Crippen LogP contribution in [0, 0.1) is 5.92 Å². The van der Waals surface area contributed by atoms with Crippen LogP contribution in [0.15, 0.2) is 48.8 Å². The quantitative estimate of drug-likeness (QED) is 0.789. The average molecular weight is 393 g/mol. The van der Waals surface area contributed by atoms with Gasteiger partial charge in [0.2, 0.25) is 11.8 Å². The third-order valence-corrected chi connectivity index (χ3v) is 6.29. The molecule has 0 radical (unpaired) electrons. The fourth-order valence-electron chi connectivity index (χ4n) is 4.49. The molecular weight excluding hydrogens is 366 g/mol. The molecular formula is C23H27N3O3. The summed E-state index contributed by atoms with van der Waals surface area (Å²) in [6.07, 6.45) is 6.51. The SMILES string of the molecule is CC(=O)NC[C@@H]1[C@@H](c2ccc(-c3cccnc3)cc2)[C@H](CO)N1C(=O)C1CCC1. The number of aromatic nitrogens is 1. The van der Waals surface area contributed by atoms with Gasteiger partial charge in [-0.3, -0.25) is 14.6 Å². The van der Waals surface area contributed by atoms with Crippen LogP contribution in [0.2, 0.25) is 0 Å². The van der Waals surface area contributed by atoms with Crippen LogP contribution in [-0.2, 0) is 9.59 Å². The Hall–Kier alpha value is -2.73. The summed E-state index contributed by atoms with van der Waals surface area (Å²) in [5.41, 5.74) is 3.19. The zero-order chi connectivity index (χ0) is 20.4. The van der Waals surface area contributed by atoms with Gasteiger partial charge in [0, 0.05) is 37.7 Å². The monoisotopic (exact) mass is 393 g/mol. The number of benzene rings is 1. The summed E-state index contributed by atoms with van der Waals surface area (Å²) in [4.78, 5) is 30.4. The maximum atomic E-state index is 12.9. The highest BCUT2D eigenvalue weighted by Crippen LogP contribution is 2.43. The Morgan fingerprint density at radius 1 is 1.14 bits per heavy atom. The molecule has 1 saturated carbocycles. The van der Waals surface area contributed by atoms with E-state index < -0.39 is 0 Å². The normalized spacial score (nSPS) is 23.8. The molecule has 0 unspecified atom stereocenters. The van der Waals surface area contributed by atoms with Crippen molar-refractivity contribution in [1.29, 1.82) is 0 Å². The first-order chi connectivity index (χ1) is 14.1. The molecule has 1 saturated heterocycles. The second-order valence-corrected chi connectivity index (χ2v) is 8.02.